The van der Waals surface area contributed by atoms with E-state index in [0.29, 0.717) is 0 Å². The summed E-state index contributed by atoms with van der Waals surface area (Å²) in [5.41, 5.74) is -0.174. The number of nitrogens with one attached hydrogen (secondary N) is 1. The van der Waals surface area contributed by atoms with Crippen molar-refractivity contribution in [3.63, 3.8) is 0 Å². The van der Waals surface area contributed by atoms with Crippen molar-refractivity contribution in [2.24, 2.45) is 0 Å². The van der Waals surface area contributed by atoms with E-state index in [4.69, 9.17) is 5.26 Å². The van der Waals surface area contributed by atoms with Crippen LogP contribution >= 0.6 is 0 Å². The molecule has 0 aliphatic carbocycles. The summed E-state index contributed by atoms with van der Waals surface area (Å²) in [6.45, 7) is 1.66. The topological polar surface area (TPSA) is 93.4 Å². The standard InChI is InChI=1S/C11H12N2O3/c1-7(5-6-12)13-11(16)10-8(14)3-2-4-9(10)15/h2-4,7,14-15H,5H2,1H3,(H,13,16). The van der Waals surface area contributed by atoms with Gasteiger partial charge < -0.3 is 15.5 Å². The lowest BCUT2D eigenvalue weighted by Crippen LogP contribution is -2.32. The van der Waals surface area contributed by atoms with Gasteiger partial charge in [-0.05, 0) is 19.1 Å². The molecule has 0 fully saturated rings. The molecule has 0 spiro atoms. The molecule has 5 nitrogen and oxygen atoms in total. The summed E-state index contributed by atoms with van der Waals surface area (Å²) < 4.78 is 0. The lowest BCUT2D eigenvalue weighted by Gasteiger charge is -2.11. The lowest BCUT2D eigenvalue weighted by molar-refractivity contribution is 0.0935. The molecule has 3 N–H and O–H groups in total. The highest BCUT2D eigenvalue weighted by Crippen LogP contribution is 2.25. The Hall–Kier alpha value is -2.22. The summed E-state index contributed by atoms with van der Waals surface area (Å²) >= 11 is 0. The largest absolute Gasteiger partial charge is 0.507 e. The van der Waals surface area contributed by atoms with Crippen molar-refractivity contribution < 1.29 is 15.0 Å². The van der Waals surface area contributed by atoms with Crippen LogP contribution in [0.3, 0.4) is 0 Å². The third-order valence-electron chi connectivity index (χ3n) is 2.02. The van der Waals surface area contributed by atoms with E-state index in [-0.39, 0.29) is 29.5 Å². The number of amides is 1. The molecule has 1 aromatic rings. The Morgan fingerprint density at radius 3 is 2.56 bits per heavy atom. The quantitative estimate of drug-likeness (QED) is 0.711. The molecule has 1 aromatic carbocycles. The van der Waals surface area contributed by atoms with E-state index < -0.39 is 5.91 Å². The number of carbonyl (C=O) groups excluding carboxylic acids is 1. The normalized spacial score (nSPS) is 11.5. The van der Waals surface area contributed by atoms with Gasteiger partial charge in [-0.1, -0.05) is 6.07 Å². The van der Waals surface area contributed by atoms with Crippen LogP contribution in [-0.2, 0) is 0 Å². The molecule has 1 unspecified atom stereocenters. The number of nitriles is 1. The Labute approximate surface area is 92.9 Å². The second kappa shape index (κ2) is 5.03. The first-order chi connectivity index (χ1) is 7.56. The Morgan fingerprint density at radius 1 is 1.50 bits per heavy atom. The molecule has 0 heterocycles. The zero-order valence-electron chi connectivity index (χ0n) is 8.77. The van der Waals surface area contributed by atoms with Crippen molar-refractivity contribution in [3.8, 4) is 17.6 Å². The minimum Gasteiger partial charge on any atom is -0.507 e. The number of hydrogen-bond donors (Lipinski definition) is 3. The predicted octanol–water partition coefficient (Wildman–Crippen LogP) is 1.13. The van der Waals surface area contributed by atoms with Gasteiger partial charge in [-0.3, -0.25) is 4.79 Å². The molecule has 1 atom stereocenters. The SMILES string of the molecule is CC(CC#N)NC(=O)c1c(O)cccc1O. The number of carbonyl (C=O) groups is 1. The molecule has 1 amide bonds. The molecule has 5 heteroatoms. The number of rotatable bonds is 3. The Bertz CT molecular complexity index is 417. The van der Waals surface area contributed by atoms with Crippen LogP contribution in [0.15, 0.2) is 18.2 Å². The Balaban J connectivity index is 2.85. The maximum absolute atomic E-state index is 11.6. The van der Waals surface area contributed by atoms with Crippen molar-refractivity contribution in [2.75, 3.05) is 0 Å². The fourth-order valence-electron chi connectivity index (χ4n) is 1.24. The maximum Gasteiger partial charge on any atom is 0.259 e. The molecular weight excluding hydrogens is 208 g/mol. The van der Waals surface area contributed by atoms with E-state index in [1.54, 1.807) is 6.92 Å². The van der Waals surface area contributed by atoms with Crippen LogP contribution in [0.4, 0.5) is 0 Å². The molecule has 0 saturated heterocycles. The van der Waals surface area contributed by atoms with Gasteiger partial charge in [0, 0.05) is 6.04 Å². The fourth-order valence-corrected chi connectivity index (χ4v) is 1.24. The zero-order chi connectivity index (χ0) is 12.1. The maximum atomic E-state index is 11.6. The fraction of sp³-hybridized carbons (Fsp3) is 0.273. The van der Waals surface area contributed by atoms with Crippen LogP contribution < -0.4 is 5.32 Å². The van der Waals surface area contributed by atoms with E-state index in [9.17, 15) is 15.0 Å². The molecule has 84 valence electrons. The number of phenols is 2. The third kappa shape index (κ3) is 2.64. The van der Waals surface area contributed by atoms with Gasteiger partial charge in [0.25, 0.3) is 5.91 Å². The number of hydrogen-bond acceptors (Lipinski definition) is 4. The monoisotopic (exact) mass is 220 g/mol. The summed E-state index contributed by atoms with van der Waals surface area (Å²) in [5.74, 6) is -1.18. The van der Waals surface area contributed by atoms with E-state index >= 15 is 0 Å². The highest BCUT2D eigenvalue weighted by atomic mass is 16.3. The third-order valence-corrected chi connectivity index (χ3v) is 2.02. The minimum atomic E-state index is -0.599. The summed E-state index contributed by atoms with van der Waals surface area (Å²) in [7, 11) is 0. The summed E-state index contributed by atoms with van der Waals surface area (Å²) in [6, 6.07) is 5.63. The number of benzene rings is 1. The first-order valence-corrected chi connectivity index (χ1v) is 4.75. The van der Waals surface area contributed by atoms with E-state index in [2.05, 4.69) is 5.32 Å². The summed E-state index contributed by atoms with van der Waals surface area (Å²) in [4.78, 5) is 11.6. The predicted molar refractivity (Wildman–Crippen MR) is 56.9 cm³/mol. The van der Waals surface area contributed by atoms with Gasteiger partial charge in [0.2, 0.25) is 0 Å². The molecule has 0 aromatic heterocycles. The van der Waals surface area contributed by atoms with Gasteiger partial charge in [0.15, 0.2) is 0 Å². The van der Waals surface area contributed by atoms with Crippen LogP contribution in [0.1, 0.15) is 23.7 Å². The Kier molecular flexibility index (Phi) is 3.72. The van der Waals surface area contributed by atoms with Gasteiger partial charge in [0.1, 0.15) is 17.1 Å². The van der Waals surface area contributed by atoms with Crippen LogP contribution in [0.2, 0.25) is 0 Å². The minimum absolute atomic E-state index is 0.167. The van der Waals surface area contributed by atoms with Crippen molar-refractivity contribution in [1.82, 2.24) is 5.32 Å². The van der Waals surface area contributed by atoms with Gasteiger partial charge in [-0.25, -0.2) is 0 Å². The van der Waals surface area contributed by atoms with Crippen LogP contribution in [0, 0.1) is 11.3 Å². The molecule has 16 heavy (non-hydrogen) atoms. The van der Waals surface area contributed by atoms with Gasteiger partial charge in [0.05, 0.1) is 12.5 Å². The molecule has 0 aliphatic heterocycles. The molecule has 0 radical (unpaired) electrons. The van der Waals surface area contributed by atoms with Gasteiger partial charge >= 0.3 is 0 Å². The Morgan fingerprint density at radius 2 is 2.06 bits per heavy atom. The zero-order valence-corrected chi connectivity index (χ0v) is 8.77. The first kappa shape index (κ1) is 11.9. The van der Waals surface area contributed by atoms with Crippen molar-refractivity contribution in [1.29, 1.82) is 5.26 Å². The first-order valence-electron chi connectivity index (χ1n) is 4.75. The van der Waals surface area contributed by atoms with E-state index in [1.165, 1.54) is 18.2 Å². The number of aromatic hydroxyl groups is 2. The lowest BCUT2D eigenvalue weighted by atomic mass is 10.1. The molecule has 0 saturated carbocycles. The highest BCUT2D eigenvalue weighted by Gasteiger charge is 2.17. The van der Waals surface area contributed by atoms with Crippen LogP contribution in [-0.4, -0.2) is 22.2 Å². The molecule has 1 rings (SSSR count). The van der Waals surface area contributed by atoms with Crippen LogP contribution in [0.25, 0.3) is 0 Å². The second-order valence-electron chi connectivity index (χ2n) is 3.41. The average Bonchev–Trinajstić information content (AvgIpc) is 2.17. The van der Waals surface area contributed by atoms with Gasteiger partial charge in [-0.15, -0.1) is 0 Å². The van der Waals surface area contributed by atoms with E-state index in [1.807, 2.05) is 6.07 Å². The van der Waals surface area contributed by atoms with Crippen LogP contribution in [0.5, 0.6) is 11.5 Å². The second-order valence-corrected chi connectivity index (χ2v) is 3.41. The number of nitrogens with zero attached hydrogens (tertiary/aromatic N) is 1. The molecule has 0 bridgehead atoms. The number of phenolic OH excluding ortho intramolecular Hbond substituents is 2. The van der Waals surface area contributed by atoms with Crippen molar-refractivity contribution in [3.05, 3.63) is 23.8 Å². The summed E-state index contributed by atoms with van der Waals surface area (Å²) in [6.07, 6.45) is 0.167. The van der Waals surface area contributed by atoms with E-state index in [0.717, 1.165) is 0 Å². The molecule has 0 aliphatic rings. The van der Waals surface area contributed by atoms with Gasteiger partial charge in [-0.2, -0.15) is 5.26 Å². The summed E-state index contributed by atoms with van der Waals surface area (Å²) in [5, 5.41) is 29.8. The van der Waals surface area contributed by atoms with Crippen molar-refractivity contribution >= 4 is 5.91 Å². The smallest absolute Gasteiger partial charge is 0.259 e. The molecular formula is C11H12N2O3. The highest BCUT2D eigenvalue weighted by molar-refractivity contribution is 5.99. The average molecular weight is 220 g/mol. The van der Waals surface area contributed by atoms with Crippen molar-refractivity contribution in [2.45, 2.75) is 19.4 Å².